The highest BCUT2D eigenvalue weighted by Gasteiger charge is 2.24. The average Bonchev–Trinajstić information content (AvgIpc) is 2.57. The number of benzene rings is 1. The molecular formula is C17H23N3O3S. The van der Waals surface area contributed by atoms with E-state index in [-0.39, 0.29) is 29.8 Å². The fraction of sp³-hybridized carbons (Fsp3) is 0.529. The first kappa shape index (κ1) is 18.4. The Morgan fingerprint density at radius 2 is 2.08 bits per heavy atom. The second-order valence-corrected chi connectivity index (χ2v) is 7.94. The van der Waals surface area contributed by atoms with Crippen LogP contribution in [-0.2, 0) is 10.0 Å². The maximum atomic E-state index is 12.4. The van der Waals surface area contributed by atoms with Crippen molar-refractivity contribution < 1.29 is 13.2 Å². The fourth-order valence-corrected chi connectivity index (χ4v) is 3.99. The zero-order valence-electron chi connectivity index (χ0n) is 13.8. The van der Waals surface area contributed by atoms with Crippen molar-refractivity contribution in [2.45, 2.75) is 50.0 Å². The molecule has 6 nitrogen and oxygen atoms in total. The normalized spacial score (nSPS) is 21.0. The van der Waals surface area contributed by atoms with Crippen LogP contribution in [-0.4, -0.2) is 26.9 Å². The maximum absolute atomic E-state index is 12.4. The van der Waals surface area contributed by atoms with Gasteiger partial charge in [0.25, 0.3) is 5.91 Å². The molecule has 0 bridgehead atoms. The van der Waals surface area contributed by atoms with Gasteiger partial charge in [-0.1, -0.05) is 25.8 Å². The van der Waals surface area contributed by atoms with Crippen LogP contribution in [0.5, 0.6) is 0 Å². The first-order valence-corrected chi connectivity index (χ1v) is 9.70. The molecule has 2 atom stereocenters. The van der Waals surface area contributed by atoms with Crippen LogP contribution in [0.3, 0.4) is 0 Å². The van der Waals surface area contributed by atoms with Crippen LogP contribution in [0.25, 0.3) is 0 Å². The van der Waals surface area contributed by atoms with Crippen LogP contribution in [0.15, 0.2) is 29.2 Å². The fourth-order valence-electron chi connectivity index (χ4n) is 2.91. The summed E-state index contributed by atoms with van der Waals surface area (Å²) < 4.78 is 26.7. The first-order chi connectivity index (χ1) is 11.4. The molecule has 0 saturated heterocycles. The van der Waals surface area contributed by atoms with E-state index in [1.54, 1.807) is 12.1 Å². The summed E-state index contributed by atoms with van der Waals surface area (Å²) >= 11 is 0. The number of hydrogen-bond acceptors (Lipinski definition) is 4. The number of nitriles is 1. The first-order valence-electron chi connectivity index (χ1n) is 8.21. The van der Waals surface area contributed by atoms with Crippen molar-refractivity contribution in [1.29, 1.82) is 5.26 Å². The van der Waals surface area contributed by atoms with E-state index in [1.165, 1.54) is 18.6 Å². The third kappa shape index (κ3) is 4.79. The van der Waals surface area contributed by atoms with Crippen molar-refractivity contribution in [2.24, 2.45) is 5.92 Å². The number of nitrogens with one attached hydrogen (secondary N) is 2. The minimum atomic E-state index is -3.71. The highest BCUT2D eigenvalue weighted by Crippen LogP contribution is 2.24. The molecule has 130 valence electrons. The van der Waals surface area contributed by atoms with Gasteiger partial charge in [-0.25, -0.2) is 13.1 Å². The molecule has 1 aromatic carbocycles. The van der Waals surface area contributed by atoms with Crippen molar-refractivity contribution in [3.63, 3.8) is 0 Å². The number of amides is 1. The molecule has 1 aliphatic carbocycles. The van der Waals surface area contributed by atoms with Gasteiger partial charge in [-0.2, -0.15) is 5.26 Å². The largest absolute Gasteiger partial charge is 0.349 e. The molecular weight excluding hydrogens is 326 g/mol. The third-order valence-electron chi connectivity index (χ3n) is 4.36. The molecule has 0 unspecified atom stereocenters. The summed E-state index contributed by atoms with van der Waals surface area (Å²) in [5.74, 6) is 0.185. The van der Waals surface area contributed by atoms with Gasteiger partial charge in [-0.05, 0) is 37.0 Å². The monoisotopic (exact) mass is 349 g/mol. The van der Waals surface area contributed by atoms with Crippen molar-refractivity contribution >= 4 is 15.9 Å². The topological polar surface area (TPSA) is 99.1 Å². The van der Waals surface area contributed by atoms with E-state index in [2.05, 4.69) is 17.0 Å². The van der Waals surface area contributed by atoms with Gasteiger partial charge < -0.3 is 5.32 Å². The lowest BCUT2D eigenvalue weighted by Crippen LogP contribution is -2.41. The van der Waals surface area contributed by atoms with Gasteiger partial charge in [0.15, 0.2) is 0 Å². The van der Waals surface area contributed by atoms with E-state index in [0.717, 1.165) is 19.3 Å². The van der Waals surface area contributed by atoms with Gasteiger partial charge in [0.2, 0.25) is 10.0 Å². The zero-order chi connectivity index (χ0) is 17.6. The van der Waals surface area contributed by atoms with Gasteiger partial charge in [0, 0.05) is 24.6 Å². The average molecular weight is 349 g/mol. The van der Waals surface area contributed by atoms with E-state index in [4.69, 9.17) is 5.26 Å². The Morgan fingerprint density at radius 1 is 1.33 bits per heavy atom. The molecule has 2 rings (SSSR count). The number of hydrogen-bond donors (Lipinski definition) is 2. The second-order valence-electron chi connectivity index (χ2n) is 6.18. The zero-order valence-corrected chi connectivity index (χ0v) is 14.6. The van der Waals surface area contributed by atoms with Crippen LogP contribution in [0, 0.1) is 17.2 Å². The summed E-state index contributed by atoms with van der Waals surface area (Å²) in [7, 11) is -3.71. The molecule has 1 aliphatic rings. The van der Waals surface area contributed by atoms with Gasteiger partial charge in [0.1, 0.15) is 0 Å². The van der Waals surface area contributed by atoms with E-state index in [9.17, 15) is 13.2 Å². The Morgan fingerprint density at radius 3 is 2.79 bits per heavy atom. The van der Waals surface area contributed by atoms with Crippen molar-refractivity contribution in [3.8, 4) is 6.07 Å². The van der Waals surface area contributed by atoms with Crippen LogP contribution >= 0.6 is 0 Å². The van der Waals surface area contributed by atoms with Gasteiger partial charge in [-0.3, -0.25) is 4.79 Å². The molecule has 1 saturated carbocycles. The van der Waals surface area contributed by atoms with Crippen LogP contribution in [0.4, 0.5) is 0 Å². The highest BCUT2D eigenvalue weighted by molar-refractivity contribution is 7.89. The molecule has 24 heavy (non-hydrogen) atoms. The molecule has 1 aromatic rings. The molecule has 0 radical (unpaired) electrons. The Labute approximate surface area is 143 Å². The molecule has 0 aromatic heterocycles. The summed E-state index contributed by atoms with van der Waals surface area (Å²) in [6.07, 6.45) is 4.45. The van der Waals surface area contributed by atoms with E-state index in [0.29, 0.717) is 11.5 Å². The smallest absolute Gasteiger partial charge is 0.251 e. The molecule has 1 amide bonds. The van der Waals surface area contributed by atoms with E-state index < -0.39 is 10.0 Å². The second kappa shape index (κ2) is 8.27. The van der Waals surface area contributed by atoms with Crippen molar-refractivity contribution in [1.82, 2.24) is 10.0 Å². The summed E-state index contributed by atoms with van der Waals surface area (Å²) in [6, 6.07) is 7.99. The number of carbonyl (C=O) groups is 1. The lowest BCUT2D eigenvalue weighted by atomic mass is 9.86. The SMILES string of the molecule is C[C@@H]1CCCC[C@@H]1NC(=O)c1cccc(S(=O)(=O)NCCC#N)c1. The Bertz CT molecular complexity index is 725. The minimum absolute atomic E-state index is 0.0322. The Balaban J connectivity index is 2.09. The molecule has 0 aliphatic heterocycles. The summed E-state index contributed by atoms with van der Waals surface area (Å²) in [5.41, 5.74) is 0.330. The Kier molecular flexibility index (Phi) is 6.35. The van der Waals surface area contributed by atoms with Gasteiger partial charge in [0.05, 0.1) is 11.0 Å². The predicted molar refractivity (Wildman–Crippen MR) is 90.7 cm³/mol. The molecule has 0 heterocycles. The summed E-state index contributed by atoms with van der Waals surface area (Å²) in [4.78, 5) is 12.5. The predicted octanol–water partition coefficient (Wildman–Crippen LogP) is 2.19. The van der Waals surface area contributed by atoms with Crippen LogP contribution in [0.1, 0.15) is 49.4 Å². The maximum Gasteiger partial charge on any atom is 0.251 e. The minimum Gasteiger partial charge on any atom is -0.349 e. The van der Waals surface area contributed by atoms with Crippen LogP contribution < -0.4 is 10.0 Å². The number of nitrogens with zero attached hydrogens (tertiary/aromatic N) is 1. The van der Waals surface area contributed by atoms with Crippen LogP contribution in [0.2, 0.25) is 0 Å². The number of carbonyl (C=O) groups excluding carboxylic acids is 1. The lowest BCUT2D eigenvalue weighted by Gasteiger charge is -2.29. The van der Waals surface area contributed by atoms with E-state index in [1.807, 2.05) is 6.07 Å². The third-order valence-corrected chi connectivity index (χ3v) is 5.82. The van der Waals surface area contributed by atoms with Crippen molar-refractivity contribution in [2.75, 3.05) is 6.54 Å². The molecule has 1 fully saturated rings. The standard InChI is InChI=1S/C17H23N3O3S/c1-13-6-2-3-9-16(13)20-17(21)14-7-4-8-15(12-14)24(22,23)19-11-5-10-18/h4,7-8,12-13,16,19H,2-3,5-6,9,11H2,1H3,(H,20,21)/t13-,16+/m1/s1. The van der Waals surface area contributed by atoms with Crippen molar-refractivity contribution in [3.05, 3.63) is 29.8 Å². The molecule has 0 spiro atoms. The highest BCUT2D eigenvalue weighted by atomic mass is 32.2. The quantitative estimate of drug-likeness (QED) is 0.769. The van der Waals surface area contributed by atoms with Gasteiger partial charge in [-0.15, -0.1) is 0 Å². The lowest BCUT2D eigenvalue weighted by molar-refractivity contribution is 0.0910. The van der Waals surface area contributed by atoms with Gasteiger partial charge >= 0.3 is 0 Å². The number of rotatable bonds is 6. The molecule has 7 heteroatoms. The summed E-state index contributed by atoms with van der Waals surface area (Å²) in [6.45, 7) is 2.18. The molecule has 2 N–H and O–H groups in total. The Hall–Kier alpha value is -1.91. The number of sulfonamides is 1. The summed E-state index contributed by atoms with van der Waals surface area (Å²) in [5, 5.41) is 11.5. The van der Waals surface area contributed by atoms with E-state index >= 15 is 0 Å².